The van der Waals surface area contributed by atoms with Gasteiger partial charge < -0.3 is 15.5 Å². The number of amidine groups is 1. The van der Waals surface area contributed by atoms with Crippen molar-refractivity contribution in [3.63, 3.8) is 0 Å². The molecule has 182 valence electrons. The van der Waals surface area contributed by atoms with Gasteiger partial charge in [0.1, 0.15) is 5.84 Å². The Bertz CT molecular complexity index is 1200. The third-order valence-corrected chi connectivity index (χ3v) is 7.58. The van der Waals surface area contributed by atoms with Gasteiger partial charge in [0, 0.05) is 42.9 Å². The van der Waals surface area contributed by atoms with Crippen LogP contribution in [0.25, 0.3) is 17.2 Å². The number of carbonyl (C=O) groups excluding carboxylic acids is 2. The van der Waals surface area contributed by atoms with Gasteiger partial charge in [-0.15, -0.1) is 0 Å². The van der Waals surface area contributed by atoms with E-state index in [-0.39, 0.29) is 11.8 Å². The molecule has 5 rings (SSSR count). The van der Waals surface area contributed by atoms with Crippen molar-refractivity contribution >= 4 is 29.4 Å². The van der Waals surface area contributed by atoms with E-state index in [1.165, 1.54) is 0 Å². The molecule has 2 amide bonds. The zero-order valence-electron chi connectivity index (χ0n) is 20.7. The van der Waals surface area contributed by atoms with Gasteiger partial charge in [-0.3, -0.25) is 9.59 Å². The lowest BCUT2D eigenvalue weighted by atomic mass is 9.91. The Kier molecular flexibility index (Phi) is 6.22. The van der Waals surface area contributed by atoms with E-state index < -0.39 is 5.41 Å². The predicted molar refractivity (Wildman–Crippen MR) is 140 cm³/mol. The Labute approximate surface area is 207 Å². The van der Waals surface area contributed by atoms with E-state index in [1.54, 1.807) is 0 Å². The molecule has 0 aromatic heterocycles. The maximum Gasteiger partial charge on any atom is 0.253 e. The number of amides is 2. The largest absolute Gasteiger partial charge is 0.386 e. The number of nitrogens with two attached hydrogens (primary N) is 1. The second-order valence-corrected chi connectivity index (χ2v) is 9.87. The van der Waals surface area contributed by atoms with Gasteiger partial charge in [-0.25, -0.2) is 4.99 Å². The molecule has 2 aromatic carbocycles. The highest BCUT2D eigenvalue weighted by molar-refractivity contribution is 6.11. The third-order valence-electron chi connectivity index (χ3n) is 7.58. The SMILES string of the molecule is CCCN(CC)C(=O)C1=Cc2ccc(-c3ccc(C(=O)N4CCCC4)cc3)cc2N=C(N)C12CC2. The maximum atomic E-state index is 13.5. The Morgan fingerprint density at radius 1 is 1.03 bits per heavy atom. The van der Waals surface area contributed by atoms with Crippen molar-refractivity contribution < 1.29 is 9.59 Å². The van der Waals surface area contributed by atoms with Gasteiger partial charge in [-0.1, -0.05) is 31.2 Å². The second kappa shape index (κ2) is 9.33. The van der Waals surface area contributed by atoms with Crippen LogP contribution in [0.1, 0.15) is 61.9 Å². The maximum absolute atomic E-state index is 13.5. The van der Waals surface area contributed by atoms with Crippen LogP contribution in [-0.2, 0) is 4.79 Å². The van der Waals surface area contributed by atoms with E-state index in [0.717, 1.165) is 85.3 Å². The summed E-state index contributed by atoms with van der Waals surface area (Å²) < 4.78 is 0. The van der Waals surface area contributed by atoms with E-state index in [1.807, 2.05) is 59.2 Å². The van der Waals surface area contributed by atoms with Crippen LogP contribution < -0.4 is 5.73 Å². The molecule has 1 aliphatic carbocycles. The van der Waals surface area contributed by atoms with Crippen molar-refractivity contribution in [2.75, 3.05) is 26.2 Å². The molecular weight excluding hydrogens is 436 g/mol. The zero-order valence-corrected chi connectivity index (χ0v) is 20.7. The molecule has 3 aliphatic rings. The molecule has 1 saturated carbocycles. The monoisotopic (exact) mass is 470 g/mol. The van der Waals surface area contributed by atoms with E-state index >= 15 is 0 Å². The summed E-state index contributed by atoms with van der Waals surface area (Å²) in [5.74, 6) is 0.710. The van der Waals surface area contributed by atoms with Gasteiger partial charge in [0.25, 0.3) is 11.8 Å². The summed E-state index contributed by atoms with van der Waals surface area (Å²) in [6, 6.07) is 13.9. The van der Waals surface area contributed by atoms with Gasteiger partial charge >= 0.3 is 0 Å². The number of aliphatic imine (C=N–C) groups is 1. The average Bonchev–Trinajstić information content (AvgIpc) is 3.53. The van der Waals surface area contributed by atoms with Crippen molar-refractivity contribution in [3.05, 3.63) is 59.2 Å². The highest BCUT2D eigenvalue weighted by Gasteiger charge is 2.53. The Morgan fingerprint density at radius 2 is 1.71 bits per heavy atom. The number of nitrogens with zero attached hydrogens (tertiary/aromatic N) is 3. The van der Waals surface area contributed by atoms with Gasteiger partial charge in [0.15, 0.2) is 0 Å². The molecule has 6 nitrogen and oxygen atoms in total. The number of rotatable bonds is 6. The first-order valence-corrected chi connectivity index (χ1v) is 12.9. The molecule has 0 unspecified atom stereocenters. The number of likely N-dealkylation sites (tertiary alicyclic amines) is 1. The highest BCUT2D eigenvalue weighted by Crippen LogP contribution is 2.55. The Balaban J connectivity index is 1.46. The van der Waals surface area contributed by atoms with Crippen LogP contribution in [0, 0.1) is 5.41 Å². The standard InChI is InChI=1S/C29H34N4O2/c1-3-15-32(4-2)27(35)24-18-23-12-11-22(19-25(23)31-28(30)29(24)13-14-29)20-7-9-21(10-8-20)26(34)33-16-5-6-17-33/h7-12,18-19H,3-6,13-17H2,1-2H3,(H2,30,31). The van der Waals surface area contributed by atoms with Gasteiger partial charge in [-0.2, -0.15) is 0 Å². The number of hydrogen-bond acceptors (Lipinski definition) is 4. The van der Waals surface area contributed by atoms with Crippen LogP contribution in [0.5, 0.6) is 0 Å². The molecule has 0 bridgehead atoms. The predicted octanol–water partition coefficient (Wildman–Crippen LogP) is 5.01. The fraction of sp³-hybridized carbons (Fsp3) is 0.414. The first-order chi connectivity index (χ1) is 17.0. The van der Waals surface area contributed by atoms with Crippen LogP contribution >= 0.6 is 0 Å². The third kappa shape index (κ3) is 4.26. The molecule has 0 radical (unpaired) electrons. The minimum Gasteiger partial charge on any atom is -0.386 e. The summed E-state index contributed by atoms with van der Waals surface area (Å²) in [6.07, 6.45) is 6.81. The van der Waals surface area contributed by atoms with Gasteiger partial charge in [0.05, 0.1) is 11.1 Å². The van der Waals surface area contributed by atoms with Crippen molar-refractivity contribution in [3.8, 4) is 11.1 Å². The summed E-state index contributed by atoms with van der Waals surface area (Å²) in [6.45, 7) is 7.22. The highest BCUT2D eigenvalue weighted by atomic mass is 16.2. The summed E-state index contributed by atoms with van der Waals surface area (Å²) in [5, 5.41) is 0. The topological polar surface area (TPSA) is 79.0 Å². The van der Waals surface area contributed by atoms with Crippen molar-refractivity contribution in [2.45, 2.75) is 46.0 Å². The first-order valence-electron chi connectivity index (χ1n) is 12.9. The van der Waals surface area contributed by atoms with E-state index in [4.69, 9.17) is 10.7 Å². The minimum atomic E-state index is -0.436. The van der Waals surface area contributed by atoms with Gasteiger partial charge in [0.2, 0.25) is 0 Å². The molecule has 6 heteroatoms. The molecule has 2 aliphatic heterocycles. The second-order valence-electron chi connectivity index (χ2n) is 9.87. The first kappa shape index (κ1) is 23.3. The molecular formula is C29H34N4O2. The van der Waals surface area contributed by atoms with Crippen molar-refractivity contribution in [2.24, 2.45) is 16.1 Å². The number of carbonyl (C=O) groups is 2. The molecule has 2 fully saturated rings. The molecule has 0 atom stereocenters. The summed E-state index contributed by atoms with van der Waals surface area (Å²) in [7, 11) is 0. The van der Waals surface area contributed by atoms with E-state index in [2.05, 4.69) is 13.0 Å². The zero-order chi connectivity index (χ0) is 24.6. The lowest BCUT2D eigenvalue weighted by molar-refractivity contribution is -0.127. The van der Waals surface area contributed by atoms with Crippen LogP contribution in [0.15, 0.2) is 53.0 Å². The fourth-order valence-electron chi connectivity index (χ4n) is 5.28. The van der Waals surface area contributed by atoms with Gasteiger partial charge in [-0.05, 0) is 74.4 Å². The summed E-state index contributed by atoms with van der Waals surface area (Å²) in [4.78, 5) is 34.8. The smallest absolute Gasteiger partial charge is 0.253 e. The number of hydrogen-bond donors (Lipinski definition) is 1. The Morgan fingerprint density at radius 3 is 2.34 bits per heavy atom. The van der Waals surface area contributed by atoms with E-state index in [9.17, 15) is 9.59 Å². The minimum absolute atomic E-state index is 0.0696. The molecule has 35 heavy (non-hydrogen) atoms. The van der Waals surface area contributed by atoms with Crippen LogP contribution in [0.3, 0.4) is 0 Å². The number of fused-ring (bicyclic) bond motifs is 1. The fourth-order valence-corrected chi connectivity index (χ4v) is 5.28. The van der Waals surface area contributed by atoms with Crippen LogP contribution in [0.2, 0.25) is 0 Å². The van der Waals surface area contributed by atoms with Crippen molar-refractivity contribution in [1.29, 1.82) is 0 Å². The quantitative estimate of drug-likeness (QED) is 0.644. The normalized spacial score (nSPS) is 17.9. The summed E-state index contributed by atoms with van der Waals surface area (Å²) in [5.41, 5.74) is 11.3. The molecule has 2 heterocycles. The molecule has 2 N–H and O–H groups in total. The molecule has 1 saturated heterocycles. The van der Waals surface area contributed by atoms with Crippen molar-refractivity contribution in [1.82, 2.24) is 9.80 Å². The molecule has 2 aromatic rings. The van der Waals surface area contributed by atoms with E-state index in [0.29, 0.717) is 12.4 Å². The average molecular weight is 471 g/mol. The van der Waals surface area contributed by atoms with Crippen LogP contribution in [0.4, 0.5) is 5.69 Å². The lowest BCUT2D eigenvalue weighted by Crippen LogP contribution is -2.38. The number of likely N-dealkylation sites (N-methyl/N-ethyl adjacent to an activating group) is 1. The number of benzene rings is 2. The molecule has 1 spiro atoms. The summed E-state index contributed by atoms with van der Waals surface area (Å²) >= 11 is 0. The Hall–Kier alpha value is -3.41. The van der Waals surface area contributed by atoms with Crippen LogP contribution in [-0.4, -0.2) is 53.6 Å². The lowest BCUT2D eigenvalue weighted by Gasteiger charge is -2.25.